The summed E-state index contributed by atoms with van der Waals surface area (Å²) in [6.45, 7) is 2.89. The van der Waals surface area contributed by atoms with E-state index in [-0.39, 0.29) is 30.6 Å². The fourth-order valence-corrected chi connectivity index (χ4v) is 3.81. The Bertz CT molecular complexity index is 1130. The SMILES string of the molecule is COc1cccc2c1Oc1ncccc1N(C(=O)CCC(=O)NCC(C)c1ccccc1)C2. The smallest absolute Gasteiger partial charge is 0.243 e. The molecule has 7 heteroatoms. The average molecular weight is 446 g/mol. The molecule has 0 saturated heterocycles. The van der Waals surface area contributed by atoms with E-state index in [0.717, 1.165) is 11.1 Å². The van der Waals surface area contributed by atoms with Crippen LogP contribution in [0.2, 0.25) is 0 Å². The van der Waals surface area contributed by atoms with Gasteiger partial charge in [0.25, 0.3) is 0 Å². The number of rotatable bonds is 7. The molecule has 1 aromatic heterocycles. The maximum absolute atomic E-state index is 13.2. The lowest BCUT2D eigenvalue weighted by Crippen LogP contribution is -2.32. The molecule has 2 amide bonds. The number of methoxy groups -OCH3 is 1. The van der Waals surface area contributed by atoms with E-state index in [2.05, 4.69) is 17.2 Å². The maximum Gasteiger partial charge on any atom is 0.243 e. The van der Waals surface area contributed by atoms with Crippen molar-refractivity contribution < 1.29 is 19.1 Å². The number of carbonyl (C=O) groups excluding carboxylic acids is 2. The molecule has 1 unspecified atom stereocenters. The van der Waals surface area contributed by atoms with Crippen LogP contribution in [0.3, 0.4) is 0 Å². The predicted octanol–water partition coefficient (Wildman–Crippen LogP) is 4.43. The van der Waals surface area contributed by atoms with Gasteiger partial charge in [-0.3, -0.25) is 9.59 Å². The second kappa shape index (κ2) is 10.2. The summed E-state index contributed by atoms with van der Waals surface area (Å²) in [7, 11) is 1.57. The molecule has 1 aliphatic heterocycles. The first-order valence-corrected chi connectivity index (χ1v) is 11.0. The molecule has 0 spiro atoms. The van der Waals surface area contributed by atoms with E-state index >= 15 is 0 Å². The van der Waals surface area contributed by atoms with Crippen LogP contribution < -0.4 is 19.7 Å². The third-order valence-corrected chi connectivity index (χ3v) is 5.69. The topological polar surface area (TPSA) is 80.8 Å². The van der Waals surface area contributed by atoms with Crippen molar-refractivity contribution in [1.29, 1.82) is 0 Å². The highest BCUT2D eigenvalue weighted by atomic mass is 16.5. The molecule has 0 saturated carbocycles. The van der Waals surface area contributed by atoms with Crippen molar-refractivity contribution in [3.8, 4) is 17.4 Å². The minimum Gasteiger partial charge on any atom is -0.493 e. The number of hydrogen-bond donors (Lipinski definition) is 1. The number of pyridine rings is 1. The van der Waals surface area contributed by atoms with Gasteiger partial charge in [0, 0.05) is 31.1 Å². The summed E-state index contributed by atoms with van der Waals surface area (Å²) in [5.41, 5.74) is 2.54. The number of nitrogens with zero attached hydrogens (tertiary/aromatic N) is 2. The van der Waals surface area contributed by atoms with Crippen molar-refractivity contribution in [3.05, 3.63) is 78.0 Å². The molecule has 2 heterocycles. The third kappa shape index (κ3) is 5.14. The van der Waals surface area contributed by atoms with Crippen LogP contribution in [-0.2, 0) is 16.1 Å². The lowest BCUT2D eigenvalue weighted by molar-refractivity contribution is -0.125. The van der Waals surface area contributed by atoms with Crippen LogP contribution in [0.4, 0.5) is 5.69 Å². The Labute approximate surface area is 193 Å². The lowest BCUT2D eigenvalue weighted by atomic mass is 10.0. The highest BCUT2D eigenvalue weighted by molar-refractivity contribution is 5.96. The molecule has 0 radical (unpaired) electrons. The van der Waals surface area contributed by atoms with Gasteiger partial charge in [-0.15, -0.1) is 0 Å². The van der Waals surface area contributed by atoms with Crippen molar-refractivity contribution >= 4 is 17.5 Å². The number of hydrogen-bond acceptors (Lipinski definition) is 5. The zero-order valence-electron chi connectivity index (χ0n) is 18.8. The van der Waals surface area contributed by atoms with Gasteiger partial charge in [-0.2, -0.15) is 0 Å². The molecule has 4 rings (SSSR count). The largest absolute Gasteiger partial charge is 0.493 e. The summed E-state index contributed by atoms with van der Waals surface area (Å²) in [6, 6.07) is 19.1. The van der Waals surface area contributed by atoms with Crippen LogP contribution in [0.1, 0.15) is 36.8 Å². The second-order valence-corrected chi connectivity index (χ2v) is 7.97. The van der Waals surface area contributed by atoms with Crippen molar-refractivity contribution in [2.75, 3.05) is 18.6 Å². The zero-order chi connectivity index (χ0) is 23.2. The van der Waals surface area contributed by atoms with Crippen molar-refractivity contribution in [3.63, 3.8) is 0 Å². The number of amides is 2. The molecule has 0 bridgehead atoms. The Morgan fingerprint density at radius 3 is 2.70 bits per heavy atom. The summed E-state index contributed by atoms with van der Waals surface area (Å²) < 4.78 is 11.5. The molecule has 2 aromatic carbocycles. The standard InChI is InChI=1S/C26H27N3O4/c1-18(19-8-4-3-5-9-19)16-28-23(30)13-14-24(31)29-17-20-10-6-12-22(32-2)25(20)33-26-21(29)11-7-15-27-26/h3-12,15,18H,13-14,16-17H2,1-2H3,(H,28,30). The summed E-state index contributed by atoms with van der Waals surface area (Å²) in [4.78, 5) is 31.5. The monoisotopic (exact) mass is 445 g/mol. The van der Waals surface area contributed by atoms with E-state index in [4.69, 9.17) is 9.47 Å². The maximum atomic E-state index is 13.2. The molecule has 170 valence electrons. The summed E-state index contributed by atoms with van der Waals surface area (Å²) in [5.74, 6) is 1.32. The quantitative estimate of drug-likeness (QED) is 0.582. The van der Waals surface area contributed by atoms with Gasteiger partial charge >= 0.3 is 0 Å². The number of carbonyl (C=O) groups is 2. The molecule has 0 aliphatic carbocycles. The highest BCUT2D eigenvalue weighted by Crippen LogP contribution is 2.42. The van der Waals surface area contributed by atoms with Crippen LogP contribution in [-0.4, -0.2) is 30.5 Å². The number of aromatic nitrogens is 1. The first-order chi connectivity index (χ1) is 16.1. The highest BCUT2D eigenvalue weighted by Gasteiger charge is 2.28. The fraction of sp³-hybridized carbons (Fsp3) is 0.269. The normalized spacial score (nSPS) is 13.1. The van der Waals surface area contributed by atoms with Gasteiger partial charge < -0.3 is 19.7 Å². The molecule has 0 fully saturated rings. The van der Waals surface area contributed by atoms with Gasteiger partial charge in [0.2, 0.25) is 17.7 Å². The Kier molecular flexibility index (Phi) is 6.88. The first kappa shape index (κ1) is 22.3. The molecule has 3 aromatic rings. The van der Waals surface area contributed by atoms with Gasteiger partial charge in [0.1, 0.15) is 5.69 Å². The van der Waals surface area contributed by atoms with Crippen LogP contribution in [0.5, 0.6) is 17.4 Å². The van der Waals surface area contributed by atoms with Crippen LogP contribution in [0, 0.1) is 0 Å². The Morgan fingerprint density at radius 1 is 1.09 bits per heavy atom. The summed E-state index contributed by atoms with van der Waals surface area (Å²) in [5, 5.41) is 2.94. The first-order valence-electron chi connectivity index (χ1n) is 11.0. The van der Waals surface area contributed by atoms with Crippen molar-refractivity contribution in [2.45, 2.75) is 32.2 Å². The van der Waals surface area contributed by atoms with Gasteiger partial charge in [-0.25, -0.2) is 4.98 Å². The van der Waals surface area contributed by atoms with E-state index in [1.165, 1.54) is 0 Å². The van der Waals surface area contributed by atoms with Crippen molar-refractivity contribution in [2.24, 2.45) is 0 Å². The second-order valence-electron chi connectivity index (χ2n) is 7.97. The molecule has 1 aliphatic rings. The summed E-state index contributed by atoms with van der Waals surface area (Å²) in [6.07, 6.45) is 1.81. The third-order valence-electron chi connectivity index (χ3n) is 5.69. The number of benzene rings is 2. The van der Waals surface area contributed by atoms with Gasteiger partial charge in [-0.05, 0) is 29.7 Å². The Hall–Kier alpha value is -3.87. The molecular weight excluding hydrogens is 418 g/mol. The molecule has 1 atom stereocenters. The van der Waals surface area contributed by atoms with E-state index in [1.807, 2.05) is 42.5 Å². The van der Waals surface area contributed by atoms with Crippen LogP contribution in [0.25, 0.3) is 0 Å². The molecule has 7 nitrogen and oxygen atoms in total. The Morgan fingerprint density at radius 2 is 1.91 bits per heavy atom. The molecule has 33 heavy (non-hydrogen) atoms. The lowest BCUT2D eigenvalue weighted by Gasteiger charge is -2.21. The van der Waals surface area contributed by atoms with E-state index in [0.29, 0.717) is 36.2 Å². The average Bonchev–Trinajstić information content (AvgIpc) is 3.03. The molecule has 1 N–H and O–H groups in total. The van der Waals surface area contributed by atoms with Gasteiger partial charge in [0.15, 0.2) is 11.5 Å². The predicted molar refractivity (Wildman–Crippen MR) is 126 cm³/mol. The molecular formula is C26H27N3O4. The van der Waals surface area contributed by atoms with Gasteiger partial charge in [0.05, 0.1) is 13.7 Å². The van der Waals surface area contributed by atoms with Crippen LogP contribution in [0.15, 0.2) is 66.9 Å². The minimum absolute atomic E-state index is 0.0825. The Balaban J connectivity index is 1.42. The van der Waals surface area contributed by atoms with E-state index in [9.17, 15) is 9.59 Å². The van der Waals surface area contributed by atoms with Gasteiger partial charge in [-0.1, -0.05) is 49.4 Å². The fourth-order valence-electron chi connectivity index (χ4n) is 3.81. The van der Waals surface area contributed by atoms with E-state index in [1.54, 1.807) is 36.4 Å². The minimum atomic E-state index is -0.172. The van der Waals surface area contributed by atoms with Crippen molar-refractivity contribution in [1.82, 2.24) is 10.3 Å². The number of fused-ring (bicyclic) bond motifs is 2. The zero-order valence-corrected chi connectivity index (χ0v) is 18.8. The van der Waals surface area contributed by atoms with E-state index < -0.39 is 0 Å². The number of nitrogens with one attached hydrogen (secondary N) is 1. The summed E-state index contributed by atoms with van der Waals surface area (Å²) >= 11 is 0. The number of ether oxygens (including phenoxy) is 2. The van der Waals surface area contributed by atoms with Crippen LogP contribution >= 0.6 is 0 Å². The number of anilines is 1. The number of para-hydroxylation sites is 1.